The lowest BCUT2D eigenvalue weighted by Crippen LogP contribution is -2.26. The summed E-state index contributed by atoms with van der Waals surface area (Å²) in [5.74, 6) is 0.131. The molecule has 0 radical (unpaired) electrons. The van der Waals surface area contributed by atoms with Crippen LogP contribution in [0.2, 0.25) is 0 Å². The molecule has 1 atom stereocenters. The van der Waals surface area contributed by atoms with Crippen LogP contribution in [0.1, 0.15) is 6.42 Å². The summed E-state index contributed by atoms with van der Waals surface area (Å²) in [6.45, 7) is 0.484. The van der Waals surface area contributed by atoms with E-state index >= 15 is 0 Å². The van der Waals surface area contributed by atoms with Crippen molar-refractivity contribution in [2.75, 3.05) is 18.9 Å². The maximum atomic E-state index is 11.8. The lowest BCUT2D eigenvalue weighted by atomic mass is 10.1. The second-order valence-corrected chi connectivity index (χ2v) is 3.88. The summed E-state index contributed by atoms with van der Waals surface area (Å²) < 4.78 is 0. The maximum absolute atomic E-state index is 11.8. The van der Waals surface area contributed by atoms with Gasteiger partial charge in [0.1, 0.15) is 5.82 Å². The van der Waals surface area contributed by atoms with Crippen LogP contribution >= 0.6 is 0 Å². The van der Waals surface area contributed by atoms with Crippen LogP contribution in [-0.4, -0.2) is 35.3 Å². The van der Waals surface area contributed by atoms with Gasteiger partial charge in [0.2, 0.25) is 11.8 Å². The van der Waals surface area contributed by atoms with Crippen LogP contribution in [-0.2, 0) is 9.59 Å². The molecule has 2 heterocycles. The molecular weight excluding hydrogens is 206 g/mol. The van der Waals surface area contributed by atoms with Gasteiger partial charge < -0.3 is 10.2 Å². The monoisotopic (exact) mass is 219 g/mol. The fourth-order valence-electron chi connectivity index (χ4n) is 1.70. The fraction of sp³-hybridized carbons (Fsp3) is 0.364. The first-order valence-corrected chi connectivity index (χ1v) is 5.12. The Morgan fingerprint density at radius 2 is 2.38 bits per heavy atom. The Morgan fingerprint density at radius 1 is 1.56 bits per heavy atom. The largest absolute Gasteiger partial charge is 0.345 e. The second kappa shape index (κ2) is 4.30. The highest BCUT2D eigenvalue weighted by molar-refractivity contribution is 5.96. The van der Waals surface area contributed by atoms with Crippen molar-refractivity contribution in [3.63, 3.8) is 0 Å². The third-order valence-corrected chi connectivity index (χ3v) is 2.63. The predicted molar refractivity (Wildman–Crippen MR) is 58.6 cm³/mol. The summed E-state index contributed by atoms with van der Waals surface area (Å²) in [7, 11) is 1.70. The van der Waals surface area contributed by atoms with E-state index in [0.717, 1.165) is 0 Å². The van der Waals surface area contributed by atoms with Crippen LogP contribution in [0.25, 0.3) is 0 Å². The lowest BCUT2D eigenvalue weighted by molar-refractivity contribution is -0.127. The second-order valence-electron chi connectivity index (χ2n) is 3.88. The standard InChI is InChI=1S/C11H13N3O2/c1-14-7-8(6-10(14)15)11(16)13-9-4-2-3-5-12-9/h2-5,8H,6-7H2,1H3,(H,12,13,16)/t8-/m0/s1. The normalized spacial score (nSPS) is 19.9. The molecule has 84 valence electrons. The van der Waals surface area contributed by atoms with Crippen LogP contribution in [0.15, 0.2) is 24.4 Å². The molecule has 16 heavy (non-hydrogen) atoms. The number of nitrogens with one attached hydrogen (secondary N) is 1. The summed E-state index contributed by atoms with van der Waals surface area (Å²) >= 11 is 0. The van der Waals surface area contributed by atoms with Crippen molar-refractivity contribution in [2.24, 2.45) is 5.92 Å². The molecule has 0 aromatic carbocycles. The number of carbonyl (C=O) groups is 2. The Labute approximate surface area is 93.5 Å². The van der Waals surface area contributed by atoms with Gasteiger partial charge in [0.15, 0.2) is 0 Å². The molecule has 0 unspecified atom stereocenters. The van der Waals surface area contributed by atoms with Gasteiger partial charge in [0, 0.05) is 26.2 Å². The number of rotatable bonds is 2. The van der Waals surface area contributed by atoms with Gasteiger partial charge in [-0.3, -0.25) is 9.59 Å². The van der Waals surface area contributed by atoms with Gasteiger partial charge in [-0.2, -0.15) is 0 Å². The minimum Gasteiger partial charge on any atom is -0.345 e. The highest BCUT2D eigenvalue weighted by Crippen LogP contribution is 2.17. The average molecular weight is 219 g/mol. The van der Waals surface area contributed by atoms with E-state index in [9.17, 15) is 9.59 Å². The van der Waals surface area contributed by atoms with E-state index in [1.54, 1.807) is 36.3 Å². The first-order chi connectivity index (χ1) is 7.66. The number of likely N-dealkylation sites (tertiary alicyclic amines) is 1. The van der Waals surface area contributed by atoms with Gasteiger partial charge in [-0.25, -0.2) is 4.98 Å². The molecule has 1 aromatic rings. The van der Waals surface area contributed by atoms with Crippen LogP contribution in [0.4, 0.5) is 5.82 Å². The third-order valence-electron chi connectivity index (χ3n) is 2.63. The van der Waals surface area contributed by atoms with Crippen LogP contribution in [0, 0.1) is 5.92 Å². The van der Waals surface area contributed by atoms with Gasteiger partial charge >= 0.3 is 0 Å². The number of nitrogens with zero attached hydrogens (tertiary/aromatic N) is 2. The van der Waals surface area contributed by atoms with Gasteiger partial charge in [-0.15, -0.1) is 0 Å². The van der Waals surface area contributed by atoms with Crippen molar-refractivity contribution in [1.82, 2.24) is 9.88 Å². The smallest absolute Gasteiger partial charge is 0.230 e. The number of carbonyl (C=O) groups excluding carboxylic acids is 2. The van der Waals surface area contributed by atoms with Crippen LogP contribution in [0.3, 0.4) is 0 Å². The molecule has 5 nitrogen and oxygen atoms in total. The molecule has 5 heteroatoms. The molecular formula is C11H13N3O2. The molecule has 1 aliphatic heterocycles. The zero-order chi connectivity index (χ0) is 11.5. The zero-order valence-corrected chi connectivity index (χ0v) is 9.01. The Hall–Kier alpha value is -1.91. The fourth-order valence-corrected chi connectivity index (χ4v) is 1.70. The van der Waals surface area contributed by atoms with Crippen molar-refractivity contribution in [1.29, 1.82) is 0 Å². The summed E-state index contributed by atoms with van der Waals surface area (Å²) in [5, 5.41) is 2.70. The van der Waals surface area contributed by atoms with Crippen molar-refractivity contribution in [3.8, 4) is 0 Å². The molecule has 1 aromatic heterocycles. The number of anilines is 1. The van der Waals surface area contributed by atoms with Crippen molar-refractivity contribution in [2.45, 2.75) is 6.42 Å². The summed E-state index contributed by atoms with van der Waals surface area (Å²) in [5.41, 5.74) is 0. The van der Waals surface area contributed by atoms with E-state index in [-0.39, 0.29) is 24.2 Å². The number of hydrogen-bond donors (Lipinski definition) is 1. The molecule has 0 spiro atoms. The van der Waals surface area contributed by atoms with Gasteiger partial charge in [-0.05, 0) is 12.1 Å². The topological polar surface area (TPSA) is 62.3 Å². The van der Waals surface area contributed by atoms with Gasteiger partial charge in [0.05, 0.1) is 5.92 Å². The maximum Gasteiger partial charge on any atom is 0.230 e. The van der Waals surface area contributed by atoms with E-state index in [2.05, 4.69) is 10.3 Å². The minimum absolute atomic E-state index is 0.0150. The molecule has 1 fully saturated rings. The molecule has 0 bridgehead atoms. The van der Waals surface area contributed by atoms with Crippen molar-refractivity contribution >= 4 is 17.6 Å². The SMILES string of the molecule is CN1C[C@@H](C(=O)Nc2ccccn2)CC1=O. The third kappa shape index (κ3) is 2.18. The molecule has 0 saturated carbocycles. The number of aromatic nitrogens is 1. The van der Waals surface area contributed by atoms with Gasteiger partial charge in [0.25, 0.3) is 0 Å². The minimum atomic E-state index is -0.264. The van der Waals surface area contributed by atoms with Crippen molar-refractivity contribution < 1.29 is 9.59 Å². The first-order valence-electron chi connectivity index (χ1n) is 5.12. The molecule has 1 saturated heterocycles. The lowest BCUT2D eigenvalue weighted by Gasteiger charge is -2.10. The van der Waals surface area contributed by atoms with E-state index in [4.69, 9.17) is 0 Å². The van der Waals surface area contributed by atoms with Crippen LogP contribution < -0.4 is 5.32 Å². The van der Waals surface area contributed by atoms with E-state index in [1.165, 1.54) is 0 Å². The molecule has 0 aliphatic carbocycles. The highest BCUT2D eigenvalue weighted by atomic mass is 16.2. The Morgan fingerprint density at radius 3 is 2.94 bits per heavy atom. The summed E-state index contributed by atoms with van der Waals surface area (Å²) in [6, 6.07) is 5.30. The molecule has 1 N–H and O–H groups in total. The number of amides is 2. The first kappa shape index (κ1) is 10.6. The Bertz CT molecular complexity index is 405. The van der Waals surface area contributed by atoms with Crippen molar-refractivity contribution in [3.05, 3.63) is 24.4 Å². The Kier molecular flexibility index (Phi) is 2.85. The van der Waals surface area contributed by atoms with E-state index in [1.807, 2.05) is 0 Å². The number of hydrogen-bond acceptors (Lipinski definition) is 3. The molecule has 2 amide bonds. The Balaban J connectivity index is 1.97. The molecule has 2 rings (SSSR count). The molecule has 1 aliphatic rings. The summed E-state index contributed by atoms with van der Waals surface area (Å²) in [6.07, 6.45) is 1.90. The van der Waals surface area contributed by atoms with E-state index < -0.39 is 0 Å². The number of pyridine rings is 1. The quantitative estimate of drug-likeness (QED) is 0.787. The zero-order valence-electron chi connectivity index (χ0n) is 9.01. The van der Waals surface area contributed by atoms with Crippen LogP contribution in [0.5, 0.6) is 0 Å². The predicted octanol–water partition coefficient (Wildman–Crippen LogP) is 0.498. The van der Waals surface area contributed by atoms with E-state index in [0.29, 0.717) is 12.4 Å². The summed E-state index contributed by atoms with van der Waals surface area (Å²) in [4.78, 5) is 28.6. The van der Waals surface area contributed by atoms with Gasteiger partial charge in [-0.1, -0.05) is 6.07 Å². The highest BCUT2D eigenvalue weighted by Gasteiger charge is 2.32. The average Bonchev–Trinajstić information content (AvgIpc) is 2.61.